The van der Waals surface area contributed by atoms with Crippen molar-refractivity contribution in [2.24, 2.45) is 9.98 Å². The van der Waals surface area contributed by atoms with Crippen molar-refractivity contribution in [1.29, 1.82) is 0 Å². The van der Waals surface area contributed by atoms with E-state index < -0.39 is 0 Å². The Morgan fingerprint density at radius 3 is 1.87 bits per heavy atom. The van der Waals surface area contributed by atoms with Crippen LogP contribution in [0.5, 0.6) is 0 Å². The van der Waals surface area contributed by atoms with Crippen LogP contribution < -0.4 is 0 Å². The van der Waals surface area contributed by atoms with E-state index in [9.17, 15) is 0 Å². The first-order valence-corrected chi connectivity index (χ1v) is 9.82. The lowest BCUT2D eigenvalue weighted by Crippen LogP contribution is -1.81. The molecule has 0 bridgehead atoms. The molecule has 5 rings (SSSR count). The van der Waals surface area contributed by atoms with Gasteiger partial charge in [-0.3, -0.25) is 20.0 Å². The lowest BCUT2D eigenvalue weighted by atomic mass is 10.2. The molecule has 0 fully saturated rings. The maximum atomic E-state index is 4.70. The molecule has 31 heavy (non-hydrogen) atoms. The van der Waals surface area contributed by atoms with Gasteiger partial charge in [0.25, 0.3) is 0 Å². The second kappa shape index (κ2) is 8.51. The Bertz CT molecular complexity index is 1350. The van der Waals surface area contributed by atoms with Crippen LogP contribution >= 0.6 is 0 Å². The molecule has 2 aromatic carbocycles. The van der Waals surface area contributed by atoms with Gasteiger partial charge in [0.05, 0.1) is 22.4 Å². The van der Waals surface area contributed by atoms with Crippen molar-refractivity contribution < 1.29 is 0 Å². The summed E-state index contributed by atoms with van der Waals surface area (Å²) in [6, 6.07) is 21.6. The van der Waals surface area contributed by atoms with Crippen LogP contribution in [-0.4, -0.2) is 32.4 Å². The van der Waals surface area contributed by atoms with E-state index in [2.05, 4.69) is 24.9 Å². The Morgan fingerprint density at radius 1 is 0.645 bits per heavy atom. The standard InChI is InChI=1S/C25H18N6/c1-3-21(28-16-18-7-11-26-12-8-18)4-2-20(1)25-30-23-6-5-22(15-24(23)31-25)29-17-19-9-13-27-14-10-19/h1-17H,(H,30,31). The van der Waals surface area contributed by atoms with Crippen LogP contribution in [0.4, 0.5) is 11.4 Å². The van der Waals surface area contributed by atoms with Crippen LogP contribution in [0.25, 0.3) is 22.4 Å². The van der Waals surface area contributed by atoms with E-state index in [4.69, 9.17) is 4.98 Å². The molecule has 0 amide bonds. The first kappa shape index (κ1) is 18.6. The molecule has 6 heteroatoms. The SMILES string of the molecule is C(=Nc1ccc(-c2nc3ccc(N=Cc4ccncc4)cc3[nH]2)cc1)c1ccncc1. The van der Waals surface area contributed by atoms with Crippen molar-refractivity contribution in [2.45, 2.75) is 0 Å². The molecule has 0 aliphatic rings. The van der Waals surface area contributed by atoms with Crippen LogP contribution in [0.15, 0.2) is 102 Å². The molecule has 0 radical (unpaired) electrons. The fourth-order valence-corrected chi connectivity index (χ4v) is 3.12. The fourth-order valence-electron chi connectivity index (χ4n) is 3.12. The maximum Gasteiger partial charge on any atom is 0.138 e. The molecular formula is C25H18N6. The third-order valence-electron chi connectivity index (χ3n) is 4.74. The van der Waals surface area contributed by atoms with Crippen LogP contribution in [-0.2, 0) is 0 Å². The second-order valence-electron chi connectivity index (χ2n) is 6.91. The summed E-state index contributed by atoms with van der Waals surface area (Å²) in [4.78, 5) is 25.2. The molecule has 0 aliphatic heterocycles. The summed E-state index contributed by atoms with van der Waals surface area (Å²) in [5.74, 6) is 0.815. The van der Waals surface area contributed by atoms with Crippen LogP contribution in [0, 0.1) is 0 Å². The van der Waals surface area contributed by atoms with Crippen molar-refractivity contribution in [3.63, 3.8) is 0 Å². The molecule has 0 unspecified atom stereocenters. The number of nitrogens with zero attached hydrogens (tertiary/aromatic N) is 5. The molecule has 0 aliphatic carbocycles. The zero-order valence-electron chi connectivity index (χ0n) is 16.6. The van der Waals surface area contributed by atoms with E-state index in [1.807, 2.05) is 79.2 Å². The third kappa shape index (κ3) is 4.43. The highest BCUT2D eigenvalue weighted by atomic mass is 14.9. The topological polar surface area (TPSA) is 79.2 Å². The number of rotatable bonds is 5. The summed E-state index contributed by atoms with van der Waals surface area (Å²) in [7, 11) is 0. The highest BCUT2D eigenvalue weighted by molar-refractivity contribution is 5.86. The van der Waals surface area contributed by atoms with Gasteiger partial charge in [0.1, 0.15) is 5.82 Å². The van der Waals surface area contributed by atoms with E-state index in [1.54, 1.807) is 24.8 Å². The fraction of sp³-hybridized carbons (Fsp3) is 0. The summed E-state index contributed by atoms with van der Waals surface area (Å²) in [6.07, 6.45) is 10.7. The van der Waals surface area contributed by atoms with Crippen molar-refractivity contribution in [1.82, 2.24) is 19.9 Å². The van der Waals surface area contributed by atoms with E-state index in [-0.39, 0.29) is 0 Å². The van der Waals surface area contributed by atoms with Gasteiger partial charge >= 0.3 is 0 Å². The summed E-state index contributed by atoms with van der Waals surface area (Å²) in [6.45, 7) is 0. The minimum atomic E-state index is 0.815. The quantitative estimate of drug-likeness (QED) is 0.393. The molecule has 0 atom stereocenters. The van der Waals surface area contributed by atoms with Crippen LogP contribution in [0.1, 0.15) is 11.1 Å². The van der Waals surface area contributed by atoms with Gasteiger partial charge in [-0.2, -0.15) is 0 Å². The molecular weight excluding hydrogens is 384 g/mol. The van der Waals surface area contributed by atoms with Crippen molar-refractivity contribution in [3.8, 4) is 11.4 Å². The van der Waals surface area contributed by atoms with E-state index in [0.29, 0.717) is 0 Å². The number of pyridine rings is 2. The lowest BCUT2D eigenvalue weighted by molar-refractivity contribution is 1.32. The Hall–Kier alpha value is -4.45. The van der Waals surface area contributed by atoms with Gasteiger partial charge in [-0.05, 0) is 77.9 Å². The summed E-state index contributed by atoms with van der Waals surface area (Å²) in [5.41, 5.74) is 6.60. The van der Waals surface area contributed by atoms with Crippen molar-refractivity contribution in [2.75, 3.05) is 0 Å². The number of hydrogen-bond acceptors (Lipinski definition) is 5. The molecule has 0 spiro atoms. The van der Waals surface area contributed by atoms with E-state index in [0.717, 1.165) is 44.9 Å². The van der Waals surface area contributed by atoms with Gasteiger partial charge in [-0.25, -0.2) is 4.98 Å². The highest BCUT2D eigenvalue weighted by Gasteiger charge is 2.06. The maximum absolute atomic E-state index is 4.70. The number of H-pyrrole nitrogens is 1. The molecule has 0 saturated heterocycles. The summed E-state index contributed by atoms with van der Waals surface area (Å²) < 4.78 is 0. The van der Waals surface area contributed by atoms with Gasteiger partial charge in [0.2, 0.25) is 0 Å². The second-order valence-corrected chi connectivity index (χ2v) is 6.91. The number of benzene rings is 2. The van der Waals surface area contributed by atoms with Crippen LogP contribution in [0.3, 0.4) is 0 Å². The smallest absolute Gasteiger partial charge is 0.138 e. The third-order valence-corrected chi connectivity index (χ3v) is 4.74. The number of fused-ring (bicyclic) bond motifs is 1. The average Bonchev–Trinajstić information content (AvgIpc) is 3.26. The molecule has 1 N–H and O–H groups in total. The van der Waals surface area contributed by atoms with Crippen molar-refractivity contribution in [3.05, 3.63) is 103 Å². The number of imidazole rings is 1. The first-order valence-electron chi connectivity index (χ1n) is 9.82. The van der Waals surface area contributed by atoms with Gasteiger partial charge in [0.15, 0.2) is 0 Å². The van der Waals surface area contributed by atoms with Gasteiger partial charge < -0.3 is 4.98 Å². The molecule has 3 aromatic heterocycles. The Kier molecular flexibility index (Phi) is 5.10. The first-order chi connectivity index (χ1) is 15.3. The number of aromatic nitrogens is 4. The molecule has 0 saturated carbocycles. The summed E-state index contributed by atoms with van der Waals surface area (Å²) >= 11 is 0. The zero-order chi connectivity index (χ0) is 20.9. The molecule has 3 heterocycles. The number of aromatic amines is 1. The minimum Gasteiger partial charge on any atom is -0.338 e. The summed E-state index contributed by atoms with van der Waals surface area (Å²) in [5, 5.41) is 0. The minimum absolute atomic E-state index is 0.815. The van der Waals surface area contributed by atoms with Gasteiger partial charge in [-0.1, -0.05) is 0 Å². The molecule has 5 aromatic rings. The predicted molar refractivity (Wildman–Crippen MR) is 125 cm³/mol. The van der Waals surface area contributed by atoms with Crippen molar-refractivity contribution >= 4 is 34.8 Å². The van der Waals surface area contributed by atoms with Crippen LogP contribution in [0.2, 0.25) is 0 Å². The number of aliphatic imine (C=N–C) groups is 2. The largest absolute Gasteiger partial charge is 0.338 e. The van der Waals surface area contributed by atoms with E-state index >= 15 is 0 Å². The predicted octanol–water partition coefficient (Wildman–Crippen LogP) is 5.52. The normalized spacial score (nSPS) is 11.6. The average molecular weight is 402 g/mol. The highest BCUT2D eigenvalue weighted by Crippen LogP contribution is 2.25. The van der Waals surface area contributed by atoms with E-state index in [1.165, 1.54) is 0 Å². The Morgan fingerprint density at radius 2 is 1.23 bits per heavy atom. The van der Waals surface area contributed by atoms with Gasteiger partial charge in [0, 0.05) is 42.8 Å². The lowest BCUT2D eigenvalue weighted by Gasteiger charge is -1.98. The number of nitrogens with one attached hydrogen (secondary N) is 1. The Balaban J connectivity index is 1.35. The number of hydrogen-bond donors (Lipinski definition) is 1. The Labute approximate surface area is 179 Å². The zero-order valence-corrected chi connectivity index (χ0v) is 16.6. The van der Waals surface area contributed by atoms with Gasteiger partial charge in [-0.15, -0.1) is 0 Å². The monoisotopic (exact) mass is 402 g/mol. The molecule has 148 valence electrons. The molecule has 6 nitrogen and oxygen atoms in total.